The molecule has 0 aliphatic rings. The Morgan fingerprint density at radius 3 is 2.25 bits per heavy atom. The first-order valence-electron chi connectivity index (χ1n) is 5.95. The highest BCUT2D eigenvalue weighted by Gasteiger charge is 2.09. The Hall–Kier alpha value is -2.33. The van der Waals surface area contributed by atoms with Crippen LogP contribution in [0, 0.1) is 6.92 Å². The molecule has 0 aliphatic carbocycles. The lowest BCUT2D eigenvalue weighted by Crippen LogP contribution is -2.14. The summed E-state index contributed by atoms with van der Waals surface area (Å²) in [7, 11) is 0. The van der Waals surface area contributed by atoms with Crippen LogP contribution in [-0.2, 0) is 0 Å². The van der Waals surface area contributed by atoms with Crippen LogP contribution < -0.4 is 11.1 Å². The molecule has 5 heteroatoms. The highest BCUT2D eigenvalue weighted by atomic mass is 35.5. The van der Waals surface area contributed by atoms with E-state index < -0.39 is 5.91 Å². The van der Waals surface area contributed by atoms with Gasteiger partial charge in [-0.1, -0.05) is 17.7 Å². The predicted molar refractivity (Wildman–Crippen MR) is 79.1 cm³/mol. The Morgan fingerprint density at radius 1 is 1.05 bits per heavy atom. The van der Waals surface area contributed by atoms with Crippen molar-refractivity contribution in [3.63, 3.8) is 0 Å². The van der Waals surface area contributed by atoms with Crippen LogP contribution in [0.5, 0.6) is 0 Å². The summed E-state index contributed by atoms with van der Waals surface area (Å²) < 4.78 is 0. The Bertz CT molecular complexity index is 666. The zero-order valence-corrected chi connectivity index (χ0v) is 11.6. The smallest absolute Gasteiger partial charge is 0.255 e. The quantitative estimate of drug-likeness (QED) is 0.911. The summed E-state index contributed by atoms with van der Waals surface area (Å²) in [6, 6.07) is 11.4. The molecule has 0 saturated heterocycles. The minimum atomic E-state index is -0.525. The van der Waals surface area contributed by atoms with E-state index in [1.54, 1.807) is 30.3 Å². The molecule has 0 saturated carbocycles. The third-order valence-electron chi connectivity index (χ3n) is 2.95. The zero-order chi connectivity index (χ0) is 14.7. The molecule has 0 fully saturated rings. The summed E-state index contributed by atoms with van der Waals surface area (Å²) in [6.45, 7) is 1.83. The van der Waals surface area contributed by atoms with Gasteiger partial charge < -0.3 is 11.1 Å². The molecule has 2 amide bonds. The van der Waals surface area contributed by atoms with Crippen molar-refractivity contribution in [2.45, 2.75) is 6.92 Å². The third-order valence-corrected chi connectivity index (χ3v) is 3.36. The van der Waals surface area contributed by atoms with Gasteiger partial charge in [0.05, 0.1) is 0 Å². The molecule has 4 nitrogen and oxygen atoms in total. The number of nitrogens with two attached hydrogens (primary N) is 1. The lowest BCUT2D eigenvalue weighted by Gasteiger charge is -2.09. The molecule has 0 heterocycles. The first-order valence-corrected chi connectivity index (χ1v) is 6.33. The van der Waals surface area contributed by atoms with Crippen molar-refractivity contribution in [2.75, 3.05) is 5.32 Å². The maximum Gasteiger partial charge on any atom is 0.255 e. The van der Waals surface area contributed by atoms with Crippen molar-refractivity contribution < 1.29 is 9.59 Å². The van der Waals surface area contributed by atoms with Gasteiger partial charge >= 0.3 is 0 Å². The fourth-order valence-electron chi connectivity index (χ4n) is 1.72. The number of nitrogens with one attached hydrogen (secondary N) is 1. The molecule has 102 valence electrons. The number of benzene rings is 2. The molecule has 0 spiro atoms. The summed E-state index contributed by atoms with van der Waals surface area (Å²) >= 11 is 6.00. The van der Waals surface area contributed by atoms with E-state index in [4.69, 9.17) is 17.3 Å². The van der Waals surface area contributed by atoms with Crippen LogP contribution in [0.4, 0.5) is 5.69 Å². The normalized spacial score (nSPS) is 10.1. The van der Waals surface area contributed by atoms with Crippen LogP contribution in [0.25, 0.3) is 0 Å². The van der Waals surface area contributed by atoms with E-state index >= 15 is 0 Å². The number of amides is 2. The molecule has 20 heavy (non-hydrogen) atoms. The summed E-state index contributed by atoms with van der Waals surface area (Å²) in [5.41, 5.74) is 7.40. The lowest BCUT2D eigenvalue weighted by molar-refractivity contribution is 0.0995. The number of rotatable bonds is 3. The SMILES string of the molecule is Cc1c(Cl)cccc1NC(=O)c1ccc(C(N)=O)cc1. The molecule has 2 rings (SSSR count). The maximum absolute atomic E-state index is 12.1. The van der Waals surface area contributed by atoms with Gasteiger partial charge in [0.15, 0.2) is 0 Å². The highest BCUT2D eigenvalue weighted by molar-refractivity contribution is 6.31. The topological polar surface area (TPSA) is 72.2 Å². The number of halogens is 1. The average Bonchev–Trinajstić information content (AvgIpc) is 2.44. The Morgan fingerprint density at radius 2 is 1.65 bits per heavy atom. The number of carbonyl (C=O) groups is 2. The van der Waals surface area contributed by atoms with E-state index in [2.05, 4.69) is 5.32 Å². The van der Waals surface area contributed by atoms with Gasteiger partial charge in [-0.25, -0.2) is 0 Å². The molecule has 0 aromatic heterocycles. The van der Waals surface area contributed by atoms with Crippen molar-refractivity contribution in [1.29, 1.82) is 0 Å². The van der Waals surface area contributed by atoms with Crippen molar-refractivity contribution in [2.24, 2.45) is 5.73 Å². The van der Waals surface area contributed by atoms with E-state index in [1.165, 1.54) is 12.1 Å². The number of primary amides is 1. The Labute approximate surface area is 121 Å². The van der Waals surface area contributed by atoms with Crippen LogP contribution in [0.3, 0.4) is 0 Å². The second-order valence-corrected chi connectivity index (χ2v) is 4.72. The standard InChI is InChI=1S/C15H13ClN2O2/c1-9-12(16)3-2-4-13(9)18-15(20)11-7-5-10(6-8-11)14(17)19/h2-8H,1H3,(H2,17,19)(H,18,20). The molecule has 2 aromatic rings. The number of anilines is 1. The van der Waals surface area contributed by atoms with Gasteiger partial charge in [0.25, 0.3) is 5.91 Å². The van der Waals surface area contributed by atoms with Gasteiger partial charge in [-0.2, -0.15) is 0 Å². The van der Waals surface area contributed by atoms with Crippen LogP contribution in [-0.4, -0.2) is 11.8 Å². The van der Waals surface area contributed by atoms with Crippen molar-refractivity contribution in [3.05, 3.63) is 64.2 Å². The van der Waals surface area contributed by atoms with Gasteiger partial charge in [0.1, 0.15) is 0 Å². The first kappa shape index (κ1) is 14.1. The maximum atomic E-state index is 12.1. The molecule has 3 N–H and O–H groups in total. The zero-order valence-electron chi connectivity index (χ0n) is 10.8. The molecular weight excluding hydrogens is 276 g/mol. The lowest BCUT2D eigenvalue weighted by atomic mass is 10.1. The van der Waals surface area contributed by atoms with E-state index in [1.807, 2.05) is 6.92 Å². The van der Waals surface area contributed by atoms with Gasteiger partial charge in [-0.15, -0.1) is 0 Å². The number of hydrogen-bond acceptors (Lipinski definition) is 2. The predicted octanol–water partition coefficient (Wildman–Crippen LogP) is 3.00. The monoisotopic (exact) mass is 288 g/mol. The van der Waals surface area contributed by atoms with Crippen molar-refractivity contribution >= 4 is 29.1 Å². The van der Waals surface area contributed by atoms with Crippen LogP contribution in [0.1, 0.15) is 26.3 Å². The molecular formula is C15H13ClN2O2. The Kier molecular flexibility index (Phi) is 4.05. The number of hydrogen-bond donors (Lipinski definition) is 2. The van der Waals surface area contributed by atoms with Crippen molar-refractivity contribution in [3.8, 4) is 0 Å². The van der Waals surface area contributed by atoms with Crippen LogP contribution in [0.2, 0.25) is 5.02 Å². The Balaban J connectivity index is 2.20. The van der Waals surface area contributed by atoms with E-state index in [9.17, 15) is 9.59 Å². The molecule has 0 unspecified atom stereocenters. The minimum Gasteiger partial charge on any atom is -0.366 e. The second-order valence-electron chi connectivity index (χ2n) is 4.31. The highest BCUT2D eigenvalue weighted by Crippen LogP contribution is 2.23. The van der Waals surface area contributed by atoms with Gasteiger partial charge in [-0.05, 0) is 48.9 Å². The third kappa shape index (κ3) is 2.97. The van der Waals surface area contributed by atoms with E-state index in [0.29, 0.717) is 21.8 Å². The largest absolute Gasteiger partial charge is 0.366 e. The summed E-state index contributed by atoms with van der Waals surface area (Å²) in [5.74, 6) is -0.797. The summed E-state index contributed by atoms with van der Waals surface area (Å²) in [4.78, 5) is 23.1. The van der Waals surface area contributed by atoms with Crippen LogP contribution in [0.15, 0.2) is 42.5 Å². The average molecular weight is 289 g/mol. The minimum absolute atomic E-state index is 0.272. The van der Waals surface area contributed by atoms with Gasteiger partial charge in [0, 0.05) is 21.8 Å². The summed E-state index contributed by atoms with van der Waals surface area (Å²) in [5, 5.41) is 3.37. The molecule has 0 radical (unpaired) electrons. The van der Waals surface area contributed by atoms with Crippen LogP contribution >= 0.6 is 11.6 Å². The van der Waals surface area contributed by atoms with Gasteiger partial charge in [0.2, 0.25) is 5.91 Å². The summed E-state index contributed by atoms with van der Waals surface area (Å²) in [6.07, 6.45) is 0. The second kappa shape index (κ2) is 5.75. The molecule has 0 aliphatic heterocycles. The molecule has 0 bridgehead atoms. The number of carbonyl (C=O) groups excluding carboxylic acids is 2. The van der Waals surface area contributed by atoms with E-state index in [0.717, 1.165) is 5.56 Å². The molecule has 0 atom stereocenters. The fourth-order valence-corrected chi connectivity index (χ4v) is 1.90. The van der Waals surface area contributed by atoms with Crippen molar-refractivity contribution in [1.82, 2.24) is 0 Å². The first-order chi connectivity index (χ1) is 9.49. The van der Waals surface area contributed by atoms with E-state index in [-0.39, 0.29) is 5.91 Å². The molecule has 2 aromatic carbocycles. The fraction of sp³-hybridized carbons (Fsp3) is 0.0667. The van der Waals surface area contributed by atoms with Gasteiger partial charge in [-0.3, -0.25) is 9.59 Å².